The molecule has 0 amide bonds. The van der Waals surface area contributed by atoms with Crippen LogP contribution in [0, 0.1) is 0 Å². The summed E-state index contributed by atoms with van der Waals surface area (Å²) in [5.41, 5.74) is 1.19. The Labute approximate surface area is 56.9 Å². The second kappa shape index (κ2) is 5.10. The van der Waals surface area contributed by atoms with Gasteiger partial charge in [0.05, 0.1) is 0 Å². The molecule has 0 aliphatic rings. The van der Waals surface area contributed by atoms with Gasteiger partial charge in [0.1, 0.15) is 0 Å². The Morgan fingerprint density at radius 3 is 2.33 bits per heavy atom. The van der Waals surface area contributed by atoms with Gasteiger partial charge in [-0.15, -0.1) is 0 Å². The lowest BCUT2D eigenvalue weighted by molar-refractivity contribution is 1.53. The summed E-state index contributed by atoms with van der Waals surface area (Å²) in [5, 5.41) is 0. The molecule has 9 heavy (non-hydrogen) atoms. The van der Waals surface area contributed by atoms with Gasteiger partial charge in [0, 0.05) is 0 Å². The number of hydrogen-bond acceptors (Lipinski definition) is 0. The minimum absolute atomic E-state index is 1.19. The largest absolute Gasteiger partial charge is 0.0991 e. The van der Waals surface area contributed by atoms with E-state index >= 15 is 0 Å². The third kappa shape index (κ3) is 4.82. The molecule has 0 heterocycles. The van der Waals surface area contributed by atoms with Gasteiger partial charge >= 0.3 is 0 Å². The molecule has 0 saturated carbocycles. The quantitative estimate of drug-likeness (QED) is 0.502. The van der Waals surface area contributed by atoms with Crippen LogP contribution in [0.5, 0.6) is 0 Å². The summed E-state index contributed by atoms with van der Waals surface area (Å²) in [6.07, 6.45) is 9.34. The fourth-order valence-electron chi connectivity index (χ4n) is 0.461. The second-order valence-electron chi connectivity index (χ2n) is 1.74. The first-order valence-corrected chi connectivity index (χ1v) is 2.89. The molecule has 0 fully saturated rings. The zero-order valence-corrected chi connectivity index (χ0v) is 5.80. The molecular formula is C9H12. The van der Waals surface area contributed by atoms with Gasteiger partial charge in [0.15, 0.2) is 0 Å². The Hall–Kier alpha value is -1.04. The van der Waals surface area contributed by atoms with Crippen molar-refractivity contribution in [3.63, 3.8) is 0 Å². The molecule has 0 unspecified atom stereocenters. The molecule has 0 atom stereocenters. The van der Waals surface area contributed by atoms with Crippen LogP contribution in [0.2, 0.25) is 0 Å². The van der Waals surface area contributed by atoms with Gasteiger partial charge in [0.25, 0.3) is 0 Å². The molecule has 0 aromatic heterocycles. The smallest absolute Gasteiger partial charge is 0.0398 e. The predicted octanol–water partition coefficient (Wildman–Crippen LogP) is 2.86. The molecule has 0 spiro atoms. The Morgan fingerprint density at radius 1 is 1.22 bits per heavy atom. The van der Waals surface area contributed by atoms with Crippen LogP contribution < -0.4 is 0 Å². The van der Waals surface area contributed by atoms with Gasteiger partial charge in [-0.1, -0.05) is 49.1 Å². The molecule has 0 saturated heterocycles. The fourth-order valence-corrected chi connectivity index (χ4v) is 0.461. The van der Waals surface area contributed by atoms with Gasteiger partial charge < -0.3 is 0 Å². The van der Waals surface area contributed by atoms with Gasteiger partial charge in [-0.05, 0) is 6.92 Å². The highest BCUT2D eigenvalue weighted by molar-refractivity contribution is 5.22. The molecule has 48 valence electrons. The highest BCUT2D eigenvalue weighted by Gasteiger charge is 1.72. The number of hydrogen-bond donors (Lipinski definition) is 0. The van der Waals surface area contributed by atoms with E-state index in [1.165, 1.54) is 5.57 Å². The van der Waals surface area contributed by atoms with E-state index in [0.29, 0.717) is 0 Å². The lowest BCUT2D eigenvalue weighted by Crippen LogP contribution is -1.62. The lowest BCUT2D eigenvalue weighted by Gasteiger charge is -1.83. The summed E-state index contributed by atoms with van der Waals surface area (Å²) in [6.45, 7) is 9.14. The molecular weight excluding hydrogens is 108 g/mol. The zero-order chi connectivity index (χ0) is 7.11. The normalized spacial score (nSPS) is 11.9. The van der Waals surface area contributed by atoms with Crippen LogP contribution in [0.3, 0.4) is 0 Å². The van der Waals surface area contributed by atoms with E-state index in [-0.39, 0.29) is 0 Å². The Bertz CT molecular complexity index is 147. The van der Waals surface area contributed by atoms with Gasteiger partial charge in [0.2, 0.25) is 0 Å². The molecule has 0 radical (unpaired) electrons. The van der Waals surface area contributed by atoms with Crippen LogP contribution in [-0.4, -0.2) is 0 Å². The van der Waals surface area contributed by atoms with Crippen LogP contribution in [0.25, 0.3) is 0 Å². The first kappa shape index (κ1) is 7.96. The lowest BCUT2D eigenvalue weighted by atomic mass is 10.2. The van der Waals surface area contributed by atoms with Crippen molar-refractivity contribution in [1.82, 2.24) is 0 Å². The zero-order valence-electron chi connectivity index (χ0n) is 5.80. The summed E-state index contributed by atoms with van der Waals surface area (Å²) < 4.78 is 0. The molecule has 0 heteroatoms. The van der Waals surface area contributed by atoms with Crippen molar-refractivity contribution in [1.29, 1.82) is 0 Å². The van der Waals surface area contributed by atoms with Crippen molar-refractivity contribution in [2.24, 2.45) is 0 Å². The molecule has 0 N–H and O–H groups in total. The van der Waals surface area contributed by atoms with E-state index in [0.717, 1.165) is 0 Å². The molecule has 0 nitrogen and oxygen atoms in total. The Morgan fingerprint density at radius 2 is 1.89 bits per heavy atom. The predicted molar refractivity (Wildman–Crippen MR) is 43.3 cm³/mol. The molecule has 0 aliphatic heterocycles. The third-order valence-corrected chi connectivity index (χ3v) is 0.876. The maximum absolute atomic E-state index is 3.57. The summed E-state index contributed by atoms with van der Waals surface area (Å²) in [4.78, 5) is 0. The van der Waals surface area contributed by atoms with Crippen molar-refractivity contribution in [3.05, 3.63) is 49.1 Å². The van der Waals surface area contributed by atoms with Crippen LogP contribution in [0.1, 0.15) is 6.92 Å². The van der Waals surface area contributed by atoms with E-state index in [1.807, 2.05) is 25.2 Å². The van der Waals surface area contributed by atoms with Gasteiger partial charge in [-0.3, -0.25) is 0 Å². The van der Waals surface area contributed by atoms with Crippen LogP contribution in [-0.2, 0) is 0 Å². The standard InChI is InChI=1S/C9H12/c1-4-6-8-9(3)7-5-2/h4-8H,1-2H2,3H3. The van der Waals surface area contributed by atoms with Crippen LogP contribution >= 0.6 is 0 Å². The number of allylic oxidation sites excluding steroid dienone is 6. The molecule has 0 aliphatic carbocycles. The summed E-state index contributed by atoms with van der Waals surface area (Å²) in [6, 6.07) is 0. The minimum Gasteiger partial charge on any atom is -0.0991 e. The first-order valence-electron chi connectivity index (χ1n) is 2.89. The topological polar surface area (TPSA) is 0 Å². The van der Waals surface area contributed by atoms with E-state index < -0.39 is 0 Å². The van der Waals surface area contributed by atoms with E-state index in [4.69, 9.17) is 0 Å². The van der Waals surface area contributed by atoms with Crippen LogP contribution in [0.4, 0.5) is 0 Å². The summed E-state index contributed by atoms with van der Waals surface area (Å²) >= 11 is 0. The SMILES string of the molecule is C=CC=CC(C)=CC=C. The first-order chi connectivity index (χ1) is 4.31. The molecule has 0 aromatic rings. The maximum Gasteiger partial charge on any atom is -0.0398 e. The van der Waals surface area contributed by atoms with E-state index in [1.54, 1.807) is 12.2 Å². The number of rotatable bonds is 3. The molecule has 0 aromatic carbocycles. The maximum atomic E-state index is 3.57. The fraction of sp³-hybridized carbons (Fsp3) is 0.111. The van der Waals surface area contributed by atoms with Crippen molar-refractivity contribution in [2.45, 2.75) is 6.92 Å². The Balaban J connectivity index is 3.88. The van der Waals surface area contributed by atoms with Crippen molar-refractivity contribution in [3.8, 4) is 0 Å². The summed E-state index contributed by atoms with van der Waals surface area (Å²) in [5.74, 6) is 0. The van der Waals surface area contributed by atoms with Gasteiger partial charge in [-0.25, -0.2) is 0 Å². The van der Waals surface area contributed by atoms with E-state index in [2.05, 4.69) is 13.2 Å². The molecule has 0 bridgehead atoms. The van der Waals surface area contributed by atoms with Crippen LogP contribution in [0.15, 0.2) is 49.1 Å². The third-order valence-electron chi connectivity index (χ3n) is 0.876. The summed E-state index contributed by atoms with van der Waals surface area (Å²) in [7, 11) is 0. The Kier molecular flexibility index (Phi) is 4.51. The van der Waals surface area contributed by atoms with Crippen molar-refractivity contribution >= 4 is 0 Å². The average molecular weight is 120 g/mol. The van der Waals surface area contributed by atoms with Gasteiger partial charge in [-0.2, -0.15) is 0 Å². The van der Waals surface area contributed by atoms with Crippen molar-refractivity contribution < 1.29 is 0 Å². The molecule has 0 rings (SSSR count). The highest BCUT2D eigenvalue weighted by Crippen LogP contribution is 1.93. The van der Waals surface area contributed by atoms with E-state index in [9.17, 15) is 0 Å². The second-order valence-corrected chi connectivity index (χ2v) is 1.74. The van der Waals surface area contributed by atoms with Crippen molar-refractivity contribution in [2.75, 3.05) is 0 Å². The minimum atomic E-state index is 1.19. The monoisotopic (exact) mass is 120 g/mol. The highest BCUT2D eigenvalue weighted by atomic mass is 13.8. The average Bonchev–Trinajstić information content (AvgIpc) is 1.85.